The van der Waals surface area contributed by atoms with E-state index in [9.17, 15) is 0 Å². The Labute approximate surface area is 116 Å². The van der Waals surface area contributed by atoms with Crippen molar-refractivity contribution >= 4 is 5.82 Å². The zero-order valence-corrected chi connectivity index (χ0v) is 12.4. The molecule has 0 saturated heterocycles. The van der Waals surface area contributed by atoms with Gasteiger partial charge in [0, 0.05) is 12.7 Å². The van der Waals surface area contributed by atoms with Crippen LogP contribution in [-0.2, 0) is 0 Å². The molecular weight excluding hydrogens is 236 g/mol. The molecule has 3 heteroatoms. The van der Waals surface area contributed by atoms with Crippen LogP contribution in [0.15, 0.2) is 18.3 Å². The molecule has 0 bridgehead atoms. The van der Waals surface area contributed by atoms with Gasteiger partial charge < -0.3 is 10.1 Å². The van der Waals surface area contributed by atoms with Crippen LogP contribution in [0.3, 0.4) is 0 Å². The topological polar surface area (TPSA) is 34.1 Å². The Morgan fingerprint density at radius 1 is 1.37 bits per heavy atom. The number of methoxy groups -OCH3 is 1. The fraction of sp³-hybridized carbons (Fsp3) is 0.688. The van der Waals surface area contributed by atoms with E-state index in [-0.39, 0.29) is 0 Å². The molecule has 1 saturated carbocycles. The van der Waals surface area contributed by atoms with Crippen molar-refractivity contribution in [2.45, 2.75) is 46.0 Å². The second kappa shape index (κ2) is 6.27. The standard InChI is InChI=1S/C16H26N2O/c1-13(2)11-16(8-4-5-9-16)12-18-15-14(19-3)7-6-10-17-15/h6-7,10,13H,4-5,8-9,11-12H2,1-3H3,(H,17,18). The highest BCUT2D eigenvalue weighted by molar-refractivity contribution is 5.49. The van der Waals surface area contributed by atoms with Crippen LogP contribution in [0.5, 0.6) is 5.75 Å². The van der Waals surface area contributed by atoms with Gasteiger partial charge in [0.05, 0.1) is 7.11 Å². The summed E-state index contributed by atoms with van der Waals surface area (Å²) in [6.45, 7) is 5.65. The highest BCUT2D eigenvalue weighted by atomic mass is 16.5. The molecule has 1 fully saturated rings. The summed E-state index contributed by atoms with van der Waals surface area (Å²) in [7, 11) is 1.70. The van der Waals surface area contributed by atoms with Crippen LogP contribution >= 0.6 is 0 Å². The Morgan fingerprint density at radius 2 is 2.11 bits per heavy atom. The fourth-order valence-corrected chi connectivity index (χ4v) is 3.40. The quantitative estimate of drug-likeness (QED) is 0.837. The van der Waals surface area contributed by atoms with E-state index in [2.05, 4.69) is 24.1 Å². The minimum Gasteiger partial charge on any atom is -0.493 e. The van der Waals surface area contributed by atoms with Gasteiger partial charge in [-0.25, -0.2) is 4.98 Å². The van der Waals surface area contributed by atoms with E-state index in [0.717, 1.165) is 24.0 Å². The number of aromatic nitrogens is 1. The summed E-state index contributed by atoms with van der Waals surface area (Å²) in [4.78, 5) is 4.38. The molecule has 19 heavy (non-hydrogen) atoms. The van der Waals surface area contributed by atoms with E-state index in [1.54, 1.807) is 7.11 Å². The summed E-state index contributed by atoms with van der Waals surface area (Å²) >= 11 is 0. The van der Waals surface area contributed by atoms with Crippen LogP contribution in [0.4, 0.5) is 5.82 Å². The SMILES string of the molecule is COc1cccnc1NCC1(CC(C)C)CCCC1. The molecule has 1 aromatic heterocycles. The summed E-state index contributed by atoms with van der Waals surface area (Å²) in [5, 5.41) is 3.52. The van der Waals surface area contributed by atoms with Crippen LogP contribution in [-0.4, -0.2) is 18.6 Å². The summed E-state index contributed by atoms with van der Waals surface area (Å²) in [5.41, 5.74) is 0.455. The minimum absolute atomic E-state index is 0.455. The highest BCUT2D eigenvalue weighted by Crippen LogP contribution is 2.43. The van der Waals surface area contributed by atoms with E-state index in [0.29, 0.717) is 5.41 Å². The average molecular weight is 262 g/mol. The maximum absolute atomic E-state index is 5.35. The van der Waals surface area contributed by atoms with Crippen LogP contribution in [0.25, 0.3) is 0 Å². The Kier molecular flexibility index (Phi) is 4.67. The van der Waals surface area contributed by atoms with Crippen molar-refractivity contribution in [1.29, 1.82) is 0 Å². The van der Waals surface area contributed by atoms with Crippen LogP contribution < -0.4 is 10.1 Å². The van der Waals surface area contributed by atoms with Gasteiger partial charge in [0.1, 0.15) is 0 Å². The Morgan fingerprint density at radius 3 is 2.74 bits per heavy atom. The third-order valence-corrected chi connectivity index (χ3v) is 4.13. The van der Waals surface area contributed by atoms with Gasteiger partial charge in [0.15, 0.2) is 11.6 Å². The second-order valence-corrected chi connectivity index (χ2v) is 6.21. The van der Waals surface area contributed by atoms with E-state index in [4.69, 9.17) is 4.74 Å². The molecular formula is C16H26N2O. The lowest BCUT2D eigenvalue weighted by atomic mass is 9.78. The van der Waals surface area contributed by atoms with Crippen molar-refractivity contribution in [3.63, 3.8) is 0 Å². The summed E-state index contributed by atoms with van der Waals surface area (Å²) in [6, 6.07) is 3.86. The van der Waals surface area contributed by atoms with Crippen molar-refractivity contribution < 1.29 is 4.74 Å². The van der Waals surface area contributed by atoms with Crippen molar-refractivity contribution in [3.05, 3.63) is 18.3 Å². The molecule has 0 aromatic carbocycles. The van der Waals surface area contributed by atoms with Gasteiger partial charge in [-0.05, 0) is 42.7 Å². The van der Waals surface area contributed by atoms with Crippen LogP contribution in [0.2, 0.25) is 0 Å². The first-order valence-electron chi connectivity index (χ1n) is 7.38. The molecule has 0 amide bonds. The van der Waals surface area contributed by atoms with Gasteiger partial charge in [-0.15, -0.1) is 0 Å². The van der Waals surface area contributed by atoms with Crippen LogP contribution in [0, 0.1) is 11.3 Å². The zero-order valence-electron chi connectivity index (χ0n) is 12.4. The van der Waals surface area contributed by atoms with Crippen molar-refractivity contribution in [3.8, 4) is 5.75 Å². The number of hydrogen-bond donors (Lipinski definition) is 1. The molecule has 0 spiro atoms. The maximum Gasteiger partial charge on any atom is 0.168 e. The Bertz CT molecular complexity index is 397. The number of rotatable bonds is 6. The molecule has 0 radical (unpaired) electrons. The molecule has 1 N–H and O–H groups in total. The van der Waals surface area contributed by atoms with Crippen molar-refractivity contribution in [2.75, 3.05) is 19.0 Å². The maximum atomic E-state index is 5.35. The van der Waals surface area contributed by atoms with Gasteiger partial charge >= 0.3 is 0 Å². The number of hydrogen-bond acceptors (Lipinski definition) is 3. The van der Waals surface area contributed by atoms with E-state index < -0.39 is 0 Å². The van der Waals surface area contributed by atoms with Gasteiger partial charge in [-0.2, -0.15) is 0 Å². The normalized spacial score (nSPS) is 17.7. The highest BCUT2D eigenvalue weighted by Gasteiger charge is 2.34. The molecule has 2 rings (SSSR count). The largest absolute Gasteiger partial charge is 0.493 e. The van der Waals surface area contributed by atoms with Crippen molar-refractivity contribution in [2.24, 2.45) is 11.3 Å². The minimum atomic E-state index is 0.455. The van der Waals surface area contributed by atoms with Gasteiger partial charge in [0.25, 0.3) is 0 Å². The number of ether oxygens (including phenoxy) is 1. The summed E-state index contributed by atoms with van der Waals surface area (Å²) in [6.07, 6.45) is 8.53. The Hall–Kier alpha value is -1.25. The van der Waals surface area contributed by atoms with E-state index in [1.807, 2.05) is 18.3 Å². The van der Waals surface area contributed by atoms with Crippen LogP contribution in [0.1, 0.15) is 46.0 Å². The molecule has 1 aromatic rings. The van der Waals surface area contributed by atoms with Gasteiger partial charge in [0.2, 0.25) is 0 Å². The number of nitrogens with one attached hydrogen (secondary N) is 1. The third kappa shape index (κ3) is 3.62. The summed E-state index contributed by atoms with van der Waals surface area (Å²) in [5.74, 6) is 2.46. The Balaban J connectivity index is 2.02. The van der Waals surface area contributed by atoms with E-state index in [1.165, 1.54) is 32.1 Å². The first-order valence-corrected chi connectivity index (χ1v) is 7.38. The smallest absolute Gasteiger partial charge is 0.168 e. The fourth-order valence-electron chi connectivity index (χ4n) is 3.40. The first kappa shape index (κ1) is 14.2. The molecule has 106 valence electrons. The lowest BCUT2D eigenvalue weighted by Crippen LogP contribution is -2.28. The molecule has 1 heterocycles. The molecule has 1 aliphatic rings. The number of pyridine rings is 1. The van der Waals surface area contributed by atoms with Crippen molar-refractivity contribution in [1.82, 2.24) is 4.98 Å². The lowest BCUT2D eigenvalue weighted by molar-refractivity contribution is 0.252. The predicted octanol–water partition coefficient (Wildman–Crippen LogP) is 4.11. The third-order valence-electron chi connectivity index (χ3n) is 4.13. The lowest BCUT2D eigenvalue weighted by Gasteiger charge is -2.31. The van der Waals surface area contributed by atoms with Gasteiger partial charge in [-0.3, -0.25) is 0 Å². The number of anilines is 1. The molecule has 0 atom stereocenters. The molecule has 0 aliphatic heterocycles. The predicted molar refractivity (Wildman–Crippen MR) is 79.6 cm³/mol. The second-order valence-electron chi connectivity index (χ2n) is 6.21. The van der Waals surface area contributed by atoms with E-state index >= 15 is 0 Å². The van der Waals surface area contributed by atoms with Gasteiger partial charge in [-0.1, -0.05) is 26.7 Å². The first-order chi connectivity index (χ1) is 9.15. The number of nitrogens with zero attached hydrogens (tertiary/aromatic N) is 1. The monoisotopic (exact) mass is 262 g/mol. The molecule has 0 unspecified atom stereocenters. The zero-order chi connectivity index (χ0) is 13.7. The molecule has 1 aliphatic carbocycles. The molecule has 3 nitrogen and oxygen atoms in total. The average Bonchev–Trinajstić information content (AvgIpc) is 2.85. The summed E-state index contributed by atoms with van der Waals surface area (Å²) < 4.78 is 5.35.